The van der Waals surface area contributed by atoms with Gasteiger partial charge in [-0.05, 0) is 19.4 Å². The molecule has 2 heterocycles. The van der Waals surface area contributed by atoms with Gasteiger partial charge in [0.15, 0.2) is 0 Å². The van der Waals surface area contributed by atoms with Gasteiger partial charge in [-0.1, -0.05) is 0 Å². The zero-order chi connectivity index (χ0) is 7.73. The van der Waals surface area contributed by atoms with Crippen molar-refractivity contribution in [1.82, 2.24) is 5.32 Å². The average molecular weight is 157 g/mol. The Labute approximate surface area is 66.7 Å². The second-order valence-corrected chi connectivity index (χ2v) is 3.56. The number of nitrogens with one attached hydrogen (secondary N) is 1. The number of rotatable bonds is 1. The van der Waals surface area contributed by atoms with E-state index in [2.05, 4.69) is 5.32 Å². The first-order chi connectivity index (χ1) is 5.31. The quantitative estimate of drug-likeness (QED) is 0.558. The molecular weight excluding hydrogens is 142 g/mol. The van der Waals surface area contributed by atoms with Crippen molar-refractivity contribution in [3.8, 4) is 0 Å². The zero-order valence-electron chi connectivity index (χ0n) is 6.68. The molecular formula is C8H15NO2. The van der Waals surface area contributed by atoms with E-state index >= 15 is 0 Å². The molecule has 3 heteroatoms. The largest absolute Gasteiger partial charge is 0.386 e. The molecule has 0 radical (unpaired) electrons. The molecule has 2 rings (SSSR count). The van der Waals surface area contributed by atoms with Crippen LogP contribution in [0.2, 0.25) is 0 Å². The third kappa shape index (κ3) is 1.28. The normalized spacial score (nSPS) is 45.0. The van der Waals surface area contributed by atoms with Crippen molar-refractivity contribution in [1.29, 1.82) is 0 Å². The van der Waals surface area contributed by atoms with Gasteiger partial charge in [-0.25, -0.2) is 0 Å². The first-order valence-corrected chi connectivity index (χ1v) is 4.35. The molecule has 0 spiro atoms. The van der Waals surface area contributed by atoms with E-state index in [1.807, 2.05) is 0 Å². The van der Waals surface area contributed by atoms with E-state index in [1.165, 1.54) is 6.42 Å². The Morgan fingerprint density at radius 3 is 3.00 bits per heavy atom. The van der Waals surface area contributed by atoms with Gasteiger partial charge in [0, 0.05) is 19.1 Å². The maximum absolute atomic E-state index is 10.0. The van der Waals surface area contributed by atoms with Crippen LogP contribution in [0, 0.1) is 0 Å². The molecule has 2 N–H and O–H groups in total. The highest BCUT2D eigenvalue weighted by Crippen LogP contribution is 2.27. The summed E-state index contributed by atoms with van der Waals surface area (Å²) in [4.78, 5) is 0. The lowest BCUT2D eigenvalue weighted by atomic mass is 9.92. The Kier molecular flexibility index (Phi) is 1.87. The third-order valence-electron chi connectivity index (χ3n) is 2.74. The van der Waals surface area contributed by atoms with E-state index in [1.54, 1.807) is 0 Å². The minimum atomic E-state index is -0.559. The SMILES string of the molecule is OC1(C2CCCN2)CCOC1. The van der Waals surface area contributed by atoms with Crippen LogP contribution in [-0.2, 0) is 4.74 Å². The molecule has 2 aliphatic heterocycles. The minimum Gasteiger partial charge on any atom is -0.386 e. The maximum Gasteiger partial charge on any atom is 0.105 e. The lowest BCUT2D eigenvalue weighted by Gasteiger charge is -2.27. The van der Waals surface area contributed by atoms with E-state index in [-0.39, 0.29) is 6.04 Å². The third-order valence-corrected chi connectivity index (χ3v) is 2.74. The molecule has 0 amide bonds. The van der Waals surface area contributed by atoms with Crippen molar-refractivity contribution in [2.75, 3.05) is 19.8 Å². The van der Waals surface area contributed by atoms with Gasteiger partial charge in [0.05, 0.1) is 6.61 Å². The van der Waals surface area contributed by atoms with Gasteiger partial charge in [-0.15, -0.1) is 0 Å². The van der Waals surface area contributed by atoms with Crippen LogP contribution in [0.4, 0.5) is 0 Å². The van der Waals surface area contributed by atoms with E-state index in [4.69, 9.17) is 4.74 Å². The number of aliphatic hydroxyl groups is 1. The molecule has 2 atom stereocenters. The van der Waals surface area contributed by atoms with Crippen LogP contribution in [0.25, 0.3) is 0 Å². The van der Waals surface area contributed by atoms with E-state index in [0.717, 1.165) is 19.4 Å². The molecule has 2 saturated heterocycles. The van der Waals surface area contributed by atoms with Crippen LogP contribution in [0.15, 0.2) is 0 Å². The second-order valence-electron chi connectivity index (χ2n) is 3.56. The molecule has 0 saturated carbocycles. The molecule has 3 nitrogen and oxygen atoms in total. The van der Waals surface area contributed by atoms with Crippen LogP contribution >= 0.6 is 0 Å². The Morgan fingerprint density at radius 1 is 1.55 bits per heavy atom. The Hall–Kier alpha value is -0.120. The smallest absolute Gasteiger partial charge is 0.105 e. The van der Waals surface area contributed by atoms with Crippen LogP contribution in [0.5, 0.6) is 0 Å². The summed E-state index contributed by atoms with van der Waals surface area (Å²) in [6.07, 6.45) is 3.08. The highest BCUT2D eigenvalue weighted by molar-refractivity contribution is 4.96. The van der Waals surface area contributed by atoms with Crippen molar-refractivity contribution < 1.29 is 9.84 Å². The van der Waals surface area contributed by atoms with Gasteiger partial charge in [0.1, 0.15) is 5.60 Å². The molecule has 0 aliphatic carbocycles. The van der Waals surface area contributed by atoms with Gasteiger partial charge in [-0.2, -0.15) is 0 Å². The number of hydrogen-bond donors (Lipinski definition) is 2. The van der Waals surface area contributed by atoms with Crippen LogP contribution in [-0.4, -0.2) is 36.5 Å². The Morgan fingerprint density at radius 2 is 2.45 bits per heavy atom. The number of hydrogen-bond acceptors (Lipinski definition) is 3. The van der Waals surface area contributed by atoms with Gasteiger partial charge in [0.2, 0.25) is 0 Å². The first-order valence-electron chi connectivity index (χ1n) is 4.35. The van der Waals surface area contributed by atoms with Crippen molar-refractivity contribution in [3.63, 3.8) is 0 Å². The molecule has 0 aromatic carbocycles. The summed E-state index contributed by atoms with van der Waals surface area (Å²) < 4.78 is 5.18. The molecule has 64 valence electrons. The van der Waals surface area contributed by atoms with Crippen molar-refractivity contribution in [3.05, 3.63) is 0 Å². The summed E-state index contributed by atoms with van der Waals surface area (Å²) in [7, 11) is 0. The lowest BCUT2D eigenvalue weighted by molar-refractivity contribution is -0.00143. The summed E-state index contributed by atoms with van der Waals surface area (Å²) in [5.74, 6) is 0. The van der Waals surface area contributed by atoms with E-state index in [9.17, 15) is 5.11 Å². The topological polar surface area (TPSA) is 41.5 Å². The van der Waals surface area contributed by atoms with Crippen LogP contribution in [0.3, 0.4) is 0 Å². The van der Waals surface area contributed by atoms with Gasteiger partial charge < -0.3 is 15.2 Å². The fraction of sp³-hybridized carbons (Fsp3) is 1.00. The van der Waals surface area contributed by atoms with E-state index in [0.29, 0.717) is 13.2 Å². The highest BCUT2D eigenvalue weighted by Gasteiger charge is 2.41. The fourth-order valence-electron chi connectivity index (χ4n) is 1.99. The van der Waals surface area contributed by atoms with Crippen molar-refractivity contribution in [2.24, 2.45) is 0 Å². The standard InChI is InChI=1S/C8H15NO2/c10-8(3-5-11-6-8)7-2-1-4-9-7/h7,9-10H,1-6H2. The molecule has 2 fully saturated rings. The predicted octanol–water partition coefficient (Wildman–Crippen LogP) is -0.110. The summed E-state index contributed by atoms with van der Waals surface area (Å²) in [5.41, 5.74) is -0.559. The van der Waals surface area contributed by atoms with Crippen LogP contribution in [0.1, 0.15) is 19.3 Å². The number of ether oxygens (including phenoxy) is 1. The van der Waals surface area contributed by atoms with Crippen molar-refractivity contribution >= 4 is 0 Å². The zero-order valence-corrected chi connectivity index (χ0v) is 6.68. The van der Waals surface area contributed by atoms with Crippen molar-refractivity contribution in [2.45, 2.75) is 30.9 Å². The average Bonchev–Trinajstić information content (AvgIpc) is 2.55. The fourth-order valence-corrected chi connectivity index (χ4v) is 1.99. The molecule has 0 aromatic rings. The van der Waals surface area contributed by atoms with Gasteiger partial charge >= 0.3 is 0 Å². The molecule has 2 unspecified atom stereocenters. The maximum atomic E-state index is 10.0. The second kappa shape index (κ2) is 2.73. The van der Waals surface area contributed by atoms with Crippen LogP contribution < -0.4 is 5.32 Å². The highest BCUT2D eigenvalue weighted by atomic mass is 16.5. The monoisotopic (exact) mass is 157 g/mol. The predicted molar refractivity (Wildman–Crippen MR) is 41.4 cm³/mol. The van der Waals surface area contributed by atoms with Gasteiger partial charge in [-0.3, -0.25) is 0 Å². The summed E-state index contributed by atoms with van der Waals surface area (Å²) in [6.45, 7) is 2.28. The molecule has 0 aromatic heterocycles. The Bertz CT molecular complexity index is 137. The summed E-state index contributed by atoms with van der Waals surface area (Å²) in [6, 6.07) is 0.282. The van der Waals surface area contributed by atoms with Gasteiger partial charge in [0.25, 0.3) is 0 Å². The lowest BCUT2D eigenvalue weighted by Crippen LogP contribution is -2.48. The molecule has 2 aliphatic rings. The Balaban J connectivity index is 2.00. The summed E-state index contributed by atoms with van der Waals surface area (Å²) >= 11 is 0. The first kappa shape index (κ1) is 7.53. The minimum absolute atomic E-state index is 0.282. The summed E-state index contributed by atoms with van der Waals surface area (Å²) in [5, 5.41) is 13.3. The van der Waals surface area contributed by atoms with E-state index < -0.39 is 5.60 Å². The molecule has 0 bridgehead atoms. The molecule has 11 heavy (non-hydrogen) atoms.